The summed E-state index contributed by atoms with van der Waals surface area (Å²) in [7, 11) is 3.45. The monoisotopic (exact) mass is 287 g/mol. The van der Waals surface area contributed by atoms with Gasteiger partial charge in [0.2, 0.25) is 0 Å². The Labute approximate surface area is 124 Å². The Morgan fingerprint density at radius 1 is 1.29 bits per heavy atom. The van der Waals surface area contributed by atoms with Gasteiger partial charge in [0, 0.05) is 25.5 Å². The molecule has 0 aliphatic carbocycles. The van der Waals surface area contributed by atoms with Crippen molar-refractivity contribution in [3.8, 4) is 0 Å². The zero-order valence-corrected chi connectivity index (χ0v) is 12.8. The highest BCUT2D eigenvalue weighted by Crippen LogP contribution is 2.26. The number of nitrogen functional groups attached to an aromatic ring is 1. The summed E-state index contributed by atoms with van der Waals surface area (Å²) in [6, 6.07) is 9.01. The van der Waals surface area contributed by atoms with E-state index < -0.39 is 0 Å². The summed E-state index contributed by atoms with van der Waals surface area (Å²) < 4.78 is 5.61. The van der Waals surface area contributed by atoms with Crippen LogP contribution < -0.4 is 11.1 Å². The Hall–Kier alpha value is -2.43. The molecule has 0 radical (unpaired) electrons. The molecule has 1 aromatic heterocycles. The van der Waals surface area contributed by atoms with Gasteiger partial charge in [0.05, 0.1) is 11.6 Å². The SMILES string of the molecule is Cc1ccc(C(C)Nc2cc(N)ccc2C(=O)N(C)C)o1. The van der Waals surface area contributed by atoms with Crippen molar-refractivity contribution in [1.82, 2.24) is 4.90 Å². The molecule has 112 valence electrons. The standard InChI is InChI=1S/C16H21N3O2/c1-10-5-8-15(21-10)11(2)18-14-9-12(17)6-7-13(14)16(20)19(3)4/h5-9,11,18H,17H2,1-4H3. The van der Waals surface area contributed by atoms with Crippen LogP contribution in [-0.2, 0) is 0 Å². The van der Waals surface area contributed by atoms with Gasteiger partial charge in [-0.05, 0) is 44.2 Å². The fraction of sp³-hybridized carbons (Fsp3) is 0.312. The predicted octanol–water partition coefficient (Wildman–Crippen LogP) is 3.05. The molecule has 1 amide bonds. The molecule has 0 aliphatic rings. The Kier molecular flexibility index (Phi) is 4.21. The summed E-state index contributed by atoms with van der Waals surface area (Å²) in [5.74, 6) is 1.61. The molecular formula is C16H21N3O2. The number of rotatable bonds is 4. The maximum Gasteiger partial charge on any atom is 0.255 e. The van der Waals surface area contributed by atoms with Gasteiger partial charge in [-0.2, -0.15) is 0 Å². The Balaban J connectivity index is 2.30. The van der Waals surface area contributed by atoms with E-state index in [1.54, 1.807) is 37.2 Å². The topological polar surface area (TPSA) is 71.5 Å². The number of nitrogens with zero attached hydrogens (tertiary/aromatic N) is 1. The maximum absolute atomic E-state index is 12.2. The van der Waals surface area contributed by atoms with E-state index in [1.165, 1.54) is 0 Å². The lowest BCUT2D eigenvalue weighted by molar-refractivity contribution is 0.0828. The second-order valence-corrected chi connectivity index (χ2v) is 5.32. The lowest BCUT2D eigenvalue weighted by Gasteiger charge is -2.19. The summed E-state index contributed by atoms with van der Waals surface area (Å²) >= 11 is 0. The number of nitrogens with one attached hydrogen (secondary N) is 1. The van der Waals surface area contributed by atoms with Crippen molar-refractivity contribution < 1.29 is 9.21 Å². The van der Waals surface area contributed by atoms with Crippen molar-refractivity contribution >= 4 is 17.3 Å². The van der Waals surface area contributed by atoms with Crippen LogP contribution in [0.2, 0.25) is 0 Å². The van der Waals surface area contributed by atoms with Crippen LogP contribution in [0.3, 0.4) is 0 Å². The van der Waals surface area contributed by atoms with Gasteiger partial charge < -0.3 is 20.4 Å². The fourth-order valence-electron chi connectivity index (χ4n) is 2.10. The molecule has 0 aliphatic heterocycles. The first kappa shape index (κ1) is 15.0. The molecular weight excluding hydrogens is 266 g/mol. The van der Waals surface area contributed by atoms with E-state index in [-0.39, 0.29) is 11.9 Å². The smallest absolute Gasteiger partial charge is 0.255 e. The van der Waals surface area contributed by atoms with Crippen molar-refractivity contribution in [3.05, 3.63) is 47.4 Å². The summed E-state index contributed by atoms with van der Waals surface area (Å²) in [5, 5.41) is 3.30. The third kappa shape index (κ3) is 3.37. The highest BCUT2D eigenvalue weighted by atomic mass is 16.3. The number of carbonyl (C=O) groups excluding carboxylic acids is 1. The van der Waals surface area contributed by atoms with Gasteiger partial charge >= 0.3 is 0 Å². The van der Waals surface area contributed by atoms with E-state index >= 15 is 0 Å². The van der Waals surface area contributed by atoms with Gasteiger partial charge in [-0.25, -0.2) is 0 Å². The van der Waals surface area contributed by atoms with E-state index in [2.05, 4.69) is 5.32 Å². The number of nitrogens with two attached hydrogens (primary N) is 1. The lowest BCUT2D eigenvalue weighted by Crippen LogP contribution is -2.23. The number of carbonyl (C=O) groups is 1. The van der Waals surface area contributed by atoms with E-state index in [0.29, 0.717) is 16.9 Å². The Bertz CT molecular complexity index is 647. The van der Waals surface area contributed by atoms with E-state index in [4.69, 9.17) is 10.2 Å². The van der Waals surface area contributed by atoms with Crippen LogP contribution in [0.4, 0.5) is 11.4 Å². The summed E-state index contributed by atoms with van der Waals surface area (Å²) in [6.07, 6.45) is 0. The molecule has 1 heterocycles. The third-order valence-electron chi connectivity index (χ3n) is 3.24. The minimum Gasteiger partial charge on any atom is -0.464 e. The van der Waals surface area contributed by atoms with Gasteiger partial charge in [0.25, 0.3) is 5.91 Å². The third-order valence-corrected chi connectivity index (χ3v) is 3.24. The molecule has 5 heteroatoms. The molecule has 0 saturated heterocycles. The first-order valence-electron chi connectivity index (χ1n) is 6.82. The highest BCUT2D eigenvalue weighted by Gasteiger charge is 2.17. The molecule has 1 aromatic carbocycles. The van der Waals surface area contributed by atoms with Crippen LogP contribution in [0.25, 0.3) is 0 Å². The zero-order valence-electron chi connectivity index (χ0n) is 12.8. The van der Waals surface area contributed by atoms with E-state index in [9.17, 15) is 4.79 Å². The number of furan rings is 1. The number of hydrogen-bond donors (Lipinski definition) is 2. The number of anilines is 2. The summed E-state index contributed by atoms with van der Waals surface area (Å²) in [5.41, 5.74) is 7.73. The van der Waals surface area contributed by atoms with Crippen LogP contribution in [0.1, 0.15) is 34.8 Å². The second-order valence-electron chi connectivity index (χ2n) is 5.32. The van der Waals surface area contributed by atoms with Crippen LogP contribution in [0.15, 0.2) is 34.7 Å². The molecule has 0 saturated carbocycles. The maximum atomic E-state index is 12.2. The summed E-state index contributed by atoms with van der Waals surface area (Å²) in [4.78, 5) is 13.8. The normalized spacial score (nSPS) is 12.0. The van der Waals surface area contributed by atoms with E-state index in [0.717, 1.165) is 11.5 Å². The van der Waals surface area contributed by atoms with Crippen molar-refractivity contribution in [1.29, 1.82) is 0 Å². The van der Waals surface area contributed by atoms with Crippen LogP contribution >= 0.6 is 0 Å². The number of benzene rings is 1. The number of amides is 1. The van der Waals surface area contributed by atoms with E-state index in [1.807, 2.05) is 26.0 Å². The zero-order chi connectivity index (χ0) is 15.6. The van der Waals surface area contributed by atoms with Crippen molar-refractivity contribution in [3.63, 3.8) is 0 Å². The molecule has 0 spiro atoms. The quantitative estimate of drug-likeness (QED) is 0.848. The van der Waals surface area contributed by atoms with Gasteiger partial charge in [-0.1, -0.05) is 0 Å². The first-order valence-corrected chi connectivity index (χ1v) is 6.82. The van der Waals surface area contributed by atoms with Gasteiger partial charge in [0.1, 0.15) is 11.5 Å². The molecule has 1 atom stereocenters. The highest BCUT2D eigenvalue weighted by molar-refractivity contribution is 6.00. The molecule has 0 fully saturated rings. The Morgan fingerprint density at radius 2 is 2.00 bits per heavy atom. The van der Waals surface area contributed by atoms with Crippen LogP contribution in [0, 0.1) is 6.92 Å². The lowest BCUT2D eigenvalue weighted by atomic mass is 10.1. The van der Waals surface area contributed by atoms with Crippen molar-refractivity contribution in [2.45, 2.75) is 19.9 Å². The number of aryl methyl sites for hydroxylation is 1. The predicted molar refractivity (Wildman–Crippen MR) is 84.4 cm³/mol. The molecule has 5 nitrogen and oxygen atoms in total. The summed E-state index contributed by atoms with van der Waals surface area (Å²) in [6.45, 7) is 3.88. The fourth-order valence-corrected chi connectivity index (χ4v) is 2.10. The van der Waals surface area contributed by atoms with Crippen molar-refractivity contribution in [2.75, 3.05) is 25.1 Å². The van der Waals surface area contributed by atoms with Crippen LogP contribution in [-0.4, -0.2) is 24.9 Å². The molecule has 21 heavy (non-hydrogen) atoms. The molecule has 1 unspecified atom stereocenters. The van der Waals surface area contributed by atoms with Gasteiger partial charge in [-0.3, -0.25) is 4.79 Å². The van der Waals surface area contributed by atoms with Crippen LogP contribution in [0.5, 0.6) is 0 Å². The molecule has 3 N–H and O–H groups in total. The van der Waals surface area contributed by atoms with Gasteiger partial charge in [-0.15, -0.1) is 0 Å². The number of hydrogen-bond acceptors (Lipinski definition) is 4. The molecule has 2 aromatic rings. The average Bonchev–Trinajstić information content (AvgIpc) is 2.85. The molecule has 0 bridgehead atoms. The molecule has 2 rings (SSSR count). The van der Waals surface area contributed by atoms with Crippen molar-refractivity contribution in [2.24, 2.45) is 0 Å². The minimum absolute atomic E-state index is 0.0609. The largest absolute Gasteiger partial charge is 0.464 e. The average molecular weight is 287 g/mol. The Morgan fingerprint density at radius 3 is 2.57 bits per heavy atom. The second kappa shape index (κ2) is 5.91. The van der Waals surface area contributed by atoms with Gasteiger partial charge in [0.15, 0.2) is 0 Å². The minimum atomic E-state index is -0.0691. The first-order chi connectivity index (χ1) is 9.88.